The average molecular weight is 260 g/mol. The van der Waals surface area contributed by atoms with Gasteiger partial charge >= 0.3 is 0 Å². The third-order valence-electron chi connectivity index (χ3n) is 2.11. The average Bonchev–Trinajstić information content (AvgIpc) is 2.28. The number of sulfonamides is 1. The molecule has 0 aliphatic heterocycles. The standard InChI is InChI=1S/C10H10F2N2O2S/c1-2-14(6-5-13)17(15,16)10-7-8(11)3-4-9(10)12/h3-4,7H,2,6H2,1H3. The number of nitriles is 1. The van der Waals surface area contributed by atoms with Gasteiger partial charge in [0.25, 0.3) is 0 Å². The fourth-order valence-electron chi connectivity index (χ4n) is 1.26. The third-order valence-corrected chi connectivity index (χ3v) is 4.05. The van der Waals surface area contributed by atoms with Gasteiger partial charge in [-0.05, 0) is 18.2 Å². The molecule has 0 spiro atoms. The fraction of sp³-hybridized carbons (Fsp3) is 0.300. The number of benzene rings is 1. The molecule has 0 N–H and O–H groups in total. The van der Waals surface area contributed by atoms with Crippen LogP contribution in [0.5, 0.6) is 0 Å². The molecule has 0 radical (unpaired) electrons. The largest absolute Gasteiger partial charge is 0.247 e. The maximum Gasteiger partial charge on any atom is 0.247 e. The Morgan fingerprint density at radius 2 is 2.06 bits per heavy atom. The first-order chi connectivity index (χ1) is 7.93. The van der Waals surface area contributed by atoms with Crippen LogP contribution in [0.3, 0.4) is 0 Å². The number of hydrogen-bond acceptors (Lipinski definition) is 3. The zero-order valence-corrected chi connectivity index (χ0v) is 9.84. The maximum absolute atomic E-state index is 13.3. The van der Waals surface area contributed by atoms with Crippen LogP contribution in [0.25, 0.3) is 0 Å². The van der Waals surface area contributed by atoms with Gasteiger partial charge in [-0.3, -0.25) is 0 Å². The molecule has 1 aromatic rings. The molecule has 0 aromatic heterocycles. The molecule has 1 aromatic carbocycles. The van der Waals surface area contributed by atoms with Crippen LogP contribution in [0.1, 0.15) is 6.92 Å². The van der Waals surface area contributed by atoms with Crippen LogP contribution in [0.15, 0.2) is 23.1 Å². The Bertz CT molecular complexity index is 552. The van der Waals surface area contributed by atoms with Gasteiger partial charge in [0.2, 0.25) is 10.0 Å². The Morgan fingerprint density at radius 1 is 1.41 bits per heavy atom. The highest BCUT2D eigenvalue weighted by Gasteiger charge is 2.26. The molecule has 7 heteroatoms. The van der Waals surface area contributed by atoms with Crippen LogP contribution in [-0.4, -0.2) is 25.8 Å². The monoisotopic (exact) mass is 260 g/mol. The molecule has 0 bridgehead atoms. The molecule has 0 unspecified atom stereocenters. The molecule has 17 heavy (non-hydrogen) atoms. The van der Waals surface area contributed by atoms with E-state index in [-0.39, 0.29) is 6.54 Å². The van der Waals surface area contributed by atoms with E-state index in [2.05, 4.69) is 0 Å². The molecule has 4 nitrogen and oxygen atoms in total. The Labute approximate surface area is 98.1 Å². The summed E-state index contributed by atoms with van der Waals surface area (Å²) in [5, 5.41) is 8.48. The summed E-state index contributed by atoms with van der Waals surface area (Å²) in [7, 11) is -4.17. The summed E-state index contributed by atoms with van der Waals surface area (Å²) in [6.07, 6.45) is 0. The lowest BCUT2D eigenvalue weighted by atomic mass is 10.3. The summed E-state index contributed by atoms with van der Waals surface area (Å²) < 4.78 is 50.8. The van der Waals surface area contributed by atoms with Gasteiger partial charge in [0.15, 0.2) is 0 Å². The Hall–Kier alpha value is -1.52. The highest BCUT2D eigenvalue weighted by Crippen LogP contribution is 2.19. The van der Waals surface area contributed by atoms with Crippen molar-refractivity contribution in [2.45, 2.75) is 11.8 Å². The molecule has 0 aliphatic rings. The van der Waals surface area contributed by atoms with E-state index in [1.807, 2.05) is 0 Å². The van der Waals surface area contributed by atoms with E-state index in [4.69, 9.17) is 5.26 Å². The predicted octanol–water partition coefficient (Wildman–Crippen LogP) is 1.50. The Balaban J connectivity index is 3.30. The number of halogens is 2. The smallest absolute Gasteiger partial charge is 0.207 e. The lowest BCUT2D eigenvalue weighted by Gasteiger charge is -2.17. The Kier molecular flexibility index (Phi) is 4.15. The van der Waals surface area contributed by atoms with Crippen molar-refractivity contribution in [2.24, 2.45) is 0 Å². The van der Waals surface area contributed by atoms with Crippen molar-refractivity contribution in [1.29, 1.82) is 5.26 Å². The van der Waals surface area contributed by atoms with Crippen LogP contribution in [0, 0.1) is 23.0 Å². The summed E-state index contributed by atoms with van der Waals surface area (Å²) in [6, 6.07) is 3.83. The van der Waals surface area contributed by atoms with E-state index in [1.54, 1.807) is 6.07 Å². The second-order valence-electron chi connectivity index (χ2n) is 3.16. The van der Waals surface area contributed by atoms with E-state index in [1.165, 1.54) is 6.92 Å². The SMILES string of the molecule is CCN(CC#N)S(=O)(=O)c1cc(F)ccc1F. The summed E-state index contributed by atoms with van der Waals surface area (Å²) in [6.45, 7) is 1.10. The minimum absolute atomic E-state index is 0.00580. The van der Waals surface area contributed by atoms with E-state index in [0.717, 1.165) is 16.4 Å². The normalized spacial score (nSPS) is 11.5. The first kappa shape index (κ1) is 13.5. The molecule has 0 saturated carbocycles. The van der Waals surface area contributed by atoms with Crippen molar-refractivity contribution in [3.05, 3.63) is 29.8 Å². The topological polar surface area (TPSA) is 61.2 Å². The van der Waals surface area contributed by atoms with Gasteiger partial charge in [-0.25, -0.2) is 17.2 Å². The zero-order chi connectivity index (χ0) is 13.1. The van der Waals surface area contributed by atoms with Crippen molar-refractivity contribution >= 4 is 10.0 Å². The number of rotatable bonds is 4. The van der Waals surface area contributed by atoms with Crippen LogP contribution >= 0.6 is 0 Å². The second-order valence-corrected chi connectivity index (χ2v) is 5.07. The third kappa shape index (κ3) is 2.78. The summed E-state index contributed by atoms with van der Waals surface area (Å²) in [5.41, 5.74) is 0. The summed E-state index contributed by atoms with van der Waals surface area (Å²) in [4.78, 5) is -0.755. The van der Waals surface area contributed by atoms with Crippen LogP contribution in [0.2, 0.25) is 0 Å². The van der Waals surface area contributed by atoms with Gasteiger partial charge in [0.1, 0.15) is 23.1 Å². The fourth-order valence-corrected chi connectivity index (χ4v) is 2.68. The van der Waals surface area contributed by atoms with E-state index in [9.17, 15) is 17.2 Å². The highest BCUT2D eigenvalue weighted by atomic mass is 32.2. The molecular formula is C10H10F2N2O2S. The van der Waals surface area contributed by atoms with Crippen molar-refractivity contribution < 1.29 is 17.2 Å². The first-order valence-electron chi connectivity index (χ1n) is 4.75. The molecule has 92 valence electrons. The van der Waals surface area contributed by atoms with Crippen molar-refractivity contribution in [3.63, 3.8) is 0 Å². The van der Waals surface area contributed by atoms with Crippen molar-refractivity contribution in [3.8, 4) is 6.07 Å². The van der Waals surface area contributed by atoms with Crippen LogP contribution < -0.4 is 0 Å². The first-order valence-corrected chi connectivity index (χ1v) is 6.19. The Morgan fingerprint density at radius 3 is 2.59 bits per heavy atom. The van der Waals surface area contributed by atoms with Crippen molar-refractivity contribution in [1.82, 2.24) is 4.31 Å². The summed E-state index contributed by atoms with van der Waals surface area (Å²) >= 11 is 0. The van der Waals surface area contributed by atoms with Gasteiger partial charge in [0.05, 0.1) is 6.07 Å². The van der Waals surface area contributed by atoms with Crippen LogP contribution in [0.4, 0.5) is 8.78 Å². The molecular weight excluding hydrogens is 250 g/mol. The second kappa shape index (κ2) is 5.21. The lowest BCUT2D eigenvalue weighted by molar-refractivity contribution is 0.454. The lowest BCUT2D eigenvalue weighted by Crippen LogP contribution is -2.31. The van der Waals surface area contributed by atoms with E-state index in [0.29, 0.717) is 6.07 Å². The van der Waals surface area contributed by atoms with E-state index < -0.39 is 33.1 Å². The van der Waals surface area contributed by atoms with Gasteiger partial charge < -0.3 is 0 Å². The maximum atomic E-state index is 13.3. The van der Waals surface area contributed by atoms with Gasteiger partial charge in [-0.15, -0.1) is 0 Å². The molecule has 0 heterocycles. The minimum Gasteiger partial charge on any atom is -0.207 e. The zero-order valence-electron chi connectivity index (χ0n) is 9.02. The molecule has 0 amide bonds. The van der Waals surface area contributed by atoms with Crippen molar-refractivity contribution in [2.75, 3.05) is 13.1 Å². The molecule has 0 fully saturated rings. The molecule has 1 rings (SSSR count). The van der Waals surface area contributed by atoms with Gasteiger partial charge in [-0.1, -0.05) is 6.92 Å². The molecule has 0 saturated heterocycles. The highest BCUT2D eigenvalue weighted by molar-refractivity contribution is 7.89. The number of hydrogen-bond donors (Lipinski definition) is 0. The van der Waals surface area contributed by atoms with Gasteiger partial charge in [0, 0.05) is 6.54 Å². The molecule has 0 aliphatic carbocycles. The number of nitrogens with zero attached hydrogens (tertiary/aromatic N) is 2. The predicted molar refractivity (Wildman–Crippen MR) is 56.4 cm³/mol. The quantitative estimate of drug-likeness (QED) is 0.771. The summed E-state index contributed by atoms with van der Waals surface area (Å²) in [5.74, 6) is -1.89. The van der Waals surface area contributed by atoms with Crippen LogP contribution in [-0.2, 0) is 10.0 Å². The molecule has 0 atom stereocenters. The van der Waals surface area contributed by atoms with Gasteiger partial charge in [-0.2, -0.15) is 9.57 Å². The van der Waals surface area contributed by atoms with E-state index >= 15 is 0 Å². The minimum atomic E-state index is -4.17.